The van der Waals surface area contributed by atoms with Gasteiger partial charge in [0, 0.05) is 16.8 Å². The van der Waals surface area contributed by atoms with Crippen molar-refractivity contribution in [2.75, 3.05) is 0 Å². The molecule has 0 unspecified atom stereocenters. The zero-order valence-electron chi connectivity index (χ0n) is 9.31. The fourth-order valence-electron chi connectivity index (χ4n) is 1.45. The number of rotatable bonds is 4. The van der Waals surface area contributed by atoms with Gasteiger partial charge in [-0.1, -0.05) is 17.7 Å². The van der Waals surface area contributed by atoms with Gasteiger partial charge in [-0.25, -0.2) is 4.98 Å². The van der Waals surface area contributed by atoms with E-state index in [4.69, 9.17) is 16.3 Å². The van der Waals surface area contributed by atoms with Gasteiger partial charge in [0.15, 0.2) is 0 Å². The van der Waals surface area contributed by atoms with Gasteiger partial charge < -0.3 is 9.84 Å². The van der Waals surface area contributed by atoms with E-state index in [1.54, 1.807) is 35.7 Å². The second-order valence-corrected chi connectivity index (χ2v) is 5.24. The SMILES string of the molecule is Cc1ncc(COc2cccc(Cl)c2CO)s1. The zero-order valence-corrected chi connectivity index (χ0v) is 10.9. The van der Waals surface area contributed by atoms with E-state index in [0.717, 1.165) is 9.88 Å². The van der Waals surface area contributed by atoms with Crippen LogP contribution in [-0.2, 0) is 13.2 Å². The van der Waals surface area contributed by atoms with Crippen LogP contribution in [-0.4, -0.2) is 10.1 Å². The smallest absolute Gasteiger partial charge is 0.126 e. The number of aliphatic hydroxyl groups is 1. The van der Waals surface area contributed by atoms with E-state index in [9.17, 15) is 5.11 Å². The highest BCUT2D eigenvalue weighted by atomic mass is 35.5. The monoisotopic (exact) mass is 269 g/mol. The maximum absolute atomic E-state index is 9.23. The molecule has 0 fully saturated rings. The zero-order chi connectivity index (χ0) is 12.3. The van der Waals surface area contributed by atoms with Crippen molar-refractivity contribution in [1.82, 2.24) is 4.98 Å². The van der Waals surface area contributed by atoms with Crippen LogP contribution >= 0.6 is 22.9 Å². The van der Waals surface area contributed by atoms with Gasteiger partial charge in [0.1, 0.15) is 12.4 Å². The molecule has 17 heavy (non-hydrogen) atoms. The Morgan fingerprint density at radius 1 is 1.47 bits per heavy atom. The summed E-state index contributed by atoms with van der Waals surface area (Å²) in [6.45, 7) is 2.27. The number of halogens is 1. The first kappa shape index (κ1) is 12.4. The van der Waals surface area contributed by atoms with E-state index in [1.165, 1.54) is 0 Å². The van der Waals surface area contributed by atoms with E-state index in [1.807, 2.05) is 6.92 Å². The lowest BCUT2D eigenvalue weighted by Crippen LogP contribution is -1.97. The molecule has 3 nitrogen and oxygen atoms in total. The van der Waals surface area contributed by atoms with Gasteiger partial charge in [-0.05, 0) is 19.1 Å². The number of hydrogen-bond donors (Lipinski definition) is 1. The molecule has 90 valence electrons. The van der Waals surface area contributed by atoms with E-state index >= 15 is 0 Å². The van der Waals surface area contributed by atoms with E-state index in [2.05, 4.69) is 4.98 Å². The Kier molecular flexibility index (Phi) is 3.99. The van der Waals surface area contributed by atoms with Gasteiger partial charge in [0.05, 0.1) is 16.5 Å². The maximum atomic E-state index is 9.23. The molecular formula is C12H12ClNO2S. The quantitative estimate of drug-likeness (QED) is 0.927. The lowest BCUT2D eigenvalue weighted by molar-refractivity contribution is 0.260. The molecule has 1 N–H and O–H groups in total. The molecule has 0 saturated carbocycles. The number of benzene rings is 1. The molecule has 0 aliphatic heterocycles. The summed E-state index contributed by atoms with van der Waals surface area (Å²) in [7, 11) is 0. The summed E-state index contributed by atoms with van der Waals surface area (Å²) >= 11 is 7.56. The Morgan fingerprint density at radius 2 is 2.29 bits per heavy atom. The number of ether oxygens (including phenoxy) is 1. The molecule has 0 atom stereocenters. The van der Waals surface area contributed by atoms with Crippen LogP contribution in [0.2, 0.25) is 5.02 Å². The summed E-state index contributed by atoms with van der Waals surface area (Å²) in [5.41, 5.74) is 0.621. The minimum Gasteiger partial charge on any atom is -0.488 e. The highest BCUT2D eigenvalue weighted by molar-refractivity contribution is 7.11. The van der Waals surface area contributed by atoms with Crippen LogP contribution < -0.4 is 4.74 Å². The van der Waals surface area contributed by atoms with Crippen molar-refractivity contribution in [3.8, 4) is 5.75 Å². The van der Waals surface area contributed by atoms with E-state index in [-0.39, 0.29) is 6.61 Å². The topological polar surface area (TPSA) is 42.4 Å². The molecule has 1 heterocycles. The van der Waals surface area contributed by atoms with Crippen LogP contribution in [0.1, 0.15) is 15.4 Å². The van der Waals surface area contributed by atoms with Crippen LogP contribution in [0.5, 0.6) is 5.75 Å². The first-order chi connectivity index (χ1) is 8.20. The van der Waals surface area contributed by atoms with Crippen molar-refractivity contribution in [2.24, 2.45) is 0 Å². The largest absolute Gasteiger partial charge is 0.488 e. The van der Waals surface area contributed by atoms with Gasteiger partial charge in [0.25, 0.3) is 0 Å². The van der Waals surface area contributed by atoms with Crippen LogP contribution in [0.15, 0.2) is 24.4 Å². The molecule has 1 aromatic heterocycles. The molecule has 0 saturated heterocycles. The second kappa shape index (κ2) is 5.49. The summed E-state index contributed by atoms with van der Waals surface area (Å²) in [4.78, 5) is 5.20. The summed E-state index contributed by atoms with van der Waals surface area (Å²) in [5, 5.41) is 10.8. The summed E-state index contributed by atoms with van der Waals surface area (Å²) < 4.78 is 5.63. The molecule has 0 aliphatic carbocycles. The maximum Gasteiger partial charge on any atom is 0.126 e. The normalized spacial score (nSPS) is 10.5. The standard InChI is InChI=1S/C12H12ClNO2S/c1-8-14-5-9(17-8)7-16-12-4-2-3-11(13)10(12)6-15/h2-5,15H,6-7H2,1H3. The van der Waals surface area contributed by atoms with Gasteiger partial charge in [-0.15, -0.1) is 11.3 Å². The molecule has 2 rings (SSSR count). The summed E-state index contributed by atoms with van der Waals surface area (Å²) in [6.07, 6.45) is 1.79. The predicted octanol–water partition coefficient (Wildman–Crippen LogP) is 3.18. The van der Waals surface area contributed by atoms with Crippen LogP contribution in [0.25, 0.3) is 0 Å². The van der Waals surface area contributed by atoms with Crippen molar-refractivity contribution in [3.05, 3.63) is 44.9 Å². The van der Waals surface area contributed by atoms with Gasteiger partial charge in [-0.3, -0.25) is 0 Å². The Bertz CT molecular complexity index is 513. The third-order valence-electron chi connectivity index (χ3n) is 2.27. The molecule has 0 radical (unpaired) electrons. The van der Waals surface area contributed by atoms with Crippen molar-refractivity contribution < 1.29 is 9.84 Å². The lowest BCUT2D eigenvalue weighted by Gasteiger charge is -2.10. The number of nitrogens with zero attached hydrogens (tertiary/aromatic N) is 1. The highest BCUT2D eigenvalue weighted by Gasteiger charge is 2.07. The van der Waals surface area contributed by atoms with Gasteiger partial charge in [0.2, 0.25) is 0 Å². The van der Waals surface area contributed by atoms with E-state index < -0.39 is 0 Å². The van der Waals surface area contributed by atoms with Crippen LogP contribution in [0.4, 0.5) is 0 Å². The number of aliphatic hydroxyl groups excluding tert-OH is 1. The molecule has 0 bridgehead atoms. The molecule has 2 aromatic rings. The van der Waals surface area contributed by atoms with Gasteiger partial charge in [-0.2, -0.15) is 0 Å². The predicted molar refractivity (Wildman–Crippen MR) is 68.6 cm³/mol. The van der Waals surface area contributed by atoms with E-state index in [0.29, 0.717) is 22.9 Å². The van der Waals surface area contributed by atoms with Crippen molar-refractivity contribution >= 4 is 22.9 Å². The fourth-order valence-corrected chi connectivity index (χ4v) is 2.38. The Labute approximate surface area is 109 Å². The first-order valence-corrected chi connectivity index (χ1v) is 6.32. The molecule has 1 aromatic carbocycles. The molecule has 5 heteroatoms. The minimum absolute atomic E-state index is 0.128. The summed E-state index contributed by atoms with van der Waals surface area (Å²) in [5.74, 6) is 0.617. The number of hydrogen-bond acceptors (Lipinski definition) is 4. The van der Waals surface area contributed by atoms with Gasteiger partial charge >= 0.3 is 0 Å². The highest BCUT2D eigenvalue weighted by Crippen LogP contribution is 2.27. The molecular weight excluding hydrogens is 258 g/mol. The Balaban J connectivity index is 2.11. The van der Waals surface area contributed by atoms with Crippen LogP contribution in [0, 0.1) is 6.92 Å². The minimum atomic E-state index is -0.128. The van der Waals surface area contributed by atoms with Crippen molar-refractivity contribution in [2.45, 2.75) is 20.1 Å². The third kappa shape index (κ3) is 2.97. The average molecular weight is 270 g/mol. The molecule has 0 spiro atoms. The van der Waals surface area contributed by atoms with Crippen molar-refractivity contribution in [1.29, 1.82) is 0 Å². The number of aryl methyl sites for hydroxylation is 1. The molecule has 0 aliphatic rings. The number of thiazole rings is 1. The Hall–Kier alpha value is -1.10. The lowest BCUT2D eigenvalue weighted by atomic mass is 10.2. The second-order valence-electron chi connectivity index (χ2n) is 3.51. The first-order valence-electron chi connectivity index (χ1n) is 5.13. The fraction of sp³-hybridized carbons (Fsp3) is 0.250. The number of aromatic nitrogens is 1. The Morgan fingerprint density at radius 3 is 2.94 bits per heavy atom. The average Bonchev–Trinajstić information content (AvgIpc) is 2.72. The summed E-state index contributed by atoms with van der Waals surface area (Å²) in [6, 6.07) is 5.33. The van der Waals surface area contributed by atoms with Crippen molar-refractivity contribution in [3.63, 3.8) is 0 Å². The molecule has 0 amide bonds. The third-order valence-corrected chi connectivity index (χ3v) is 3.51. The van der Waals surface area contributed by atoms with Crippen LogP contribution in [0.3, 0.4) is 0 Å².